The van der Waals surface area contributed by atoms with Crippen molar-refractivity contribution in [2.24, 2.45) is 5.92 Å². The molecule has 0 radical (unpaired) electrons. The van der Waals surface area contributed by atoms with Crippen LogP contribution in [0.4, 0.5) is 22.0 Å². The molecule has 3 aromatic rings. The minimum Gasteiger partial charge on any atom is -0.481 e. The Morgan fingerprint density at radius 2 is 1.74 bits per heavy atom. The summed E-state index contributed by atoms with van der Waals surface area (Å²) in [6.07, 6.45) is -0.720. The molecule has 272 valence electrons. The number of aryl methyl sites for hydroxylation is 2. The summed E-state index contributed by atoms with van der Waals surface area (Å²) in [6.45, 7) is 3.97. The quantitative estimate of drug-likeness (QED) is 0.240. The summed E-state index contributed by atoms with van der Waals surface area (Å²) in [7, 11) is 3.59. The van der Waals surface area contributed by atoms with Gasteiger partial charge in [-0.15, -0.1) is 0 Å². The lowest BCUT2D eigenvalue weighted by Crippen LogP contribution is -2.40. The summed E-state index contributed by atoms with van der Waals surface area (Å²) in [6, 6.07) is 3.23. The van der Waals surface area contributed by atoms with Crippen molar-refractivity contribution in [3.05, 3.63) is 91.4 Å². The lowest BCUT2D eigenvalue weighted by molar-refractivity contribution is -0.139. The highest BCUT2D eigenvalue weighted by molar-refractivity contribution is 6.31. The number of alkyl halides is 3. The molecular weight excluding hydrogens is 681 g/mol. The van der Waals surface area contributed by atoms with Crippen LogP contribution in [0.3, 0.4) is 0 Å². The number of benzene rings is 2. The average Bonchev–Trinajstić information content (AvgIpc) is 2.98. The molecule has 0 spiro atoms. The van der Waals surface area contributed by atoms with Gasteiger partial charge >= 0.3 is 12.1 Å². The van der Waals surface area contributed by atoms with Crippen molar-refractivity contribution in [1.82, 2.24) is 14.8 Å². The molecule has 0 fully saturated rings. The number of hydrogen-bond acceptors (Lipinski definition) is 4. The number of aromatic nitrogens is 1. The summed E-state index contributed by atoms with van der Waals surface area (Å²) in [5, 5.41) is 12.1. The second-order valence-electron chi connectivity index (χ2n) is 13.6. The lowest BCUT2D eigenvalue weighted by atomic mass is 9.89. The molecule has 0 aliphatic carbocycles. The van der Waals surface area contributed by atoms with Crippen LogP contribution in [0.15, 0.2) is 41.3 Å². The van der Waals surface area contributed by atoms with Crippen molar-refractivity contribution < 1.29 is 36.6 Å². The van der Waals surface area contributed by atoms with E-state index in [-0.39, 0.29) is 34.9 Å². The van der Waals surface area contributed by atoms with E-state index in [0.717, 1.165) is 23.6 Å². The van der Waals surface area contributed by atoms with Crippen LogP contribution in [0, 0.1) is 24.5 Å². The Bertz CT molecular complexity index is 1780. The lowest BCUT2D eigenvalue weighted by Gasteiger charge is -2.26. The van der Waals surface area contributed by atoms with E-state index in [2.05, 4.69) is 5.32 Å². The van der Waals surface area contributed by atoms with Crippen LogP contribution in [-0.2, 0) is 28.6 Å². The van der Waals surface area contributed by atoms with Crippen molar-refractivity contribution in [3.8, 4) is 11.1 Å². The first-order valence-corrected chi connectivity index (χ1v) is 17.1. The van der Waals surface area contributed by atoms with E-state index in [1.165, 1.54) is 24.3 Å². The van der Waals surface area contributed by atoms with Crippen molar-refractivity contribution in [3.63, 3.8) is 0 Å². The first kappa shape index (κ1) is 39.0. The molecule has 50 heavy (non-hydrogen) atoms. The molecule has 0 saturated carbocycles. The van der Waals surface area contributed by atoms with Crippen LogP contribution in [0.25, 0.3) is 11.1 Å². The highest BCUT2D eigenvalue weighted by Crippen LogP contribution is 2.37. The van der Waals surface area contributed by atoms with Crippen molar-refractivity contribution in [2.75, 3.05) is 20.6 Å². The summed E-state index contributed by atoms with van der Waals surface area (Å²) in [5.74, 6) is -3.85. The normalized spacial score (nSPS) is 18.4. The Labute approximate surface area is 293 Å². The van der Waals surface area contributed by atoms with E-state index >= 15 is 4.39 Å². The van der Waals surface area contributed by atoms with Crippen molar-refractivity contribution in [1.29, 1.82) is 0 Å². The molecule has 7 nitrogen and oxygen atoms in total. The van der Waals surface area contributed by atoms with Gasteiger partial charge < -0.3 is 19.9 Å². The zero-order chi connectivity index (χ0) is 36.9. The molecular formula is C37H43ClF5N3O4. The molecule has 3 atom stereocenters. The number of halogens is 6. The molecule has 1 amide bonds. The van der Waals surface area contributed by atoms with Gasteiger partial charge in [0.2, 0.25) is 5.91 Å². The highest BCUT2D eigenvalue weighted by Gasteiger charge is 2.36. The molecule has 1 unspecified atom stereocenters. The van der Waals surface area contributed by atoms with Gasteiger partial charge in [0.1, 0.15) is 17.7 Å². The first-order valence-electron chi connectivity index (χ1n) is 16.7. The molecule has 2 heterocycles. The molecule has 1 aromatic heterocycles. The fraction of sp³-hybridized carbons (Fsp3) is 0.486. The number of hydrogen-bond donors (Lipinski definition) is 2. The number of pyridine rings is 1. The van der Waals surface area contributed by atoms with Gasteiger partial charge in [-0.3, -0.25) is 14.4 Å². The Kier molecular flexibility index (Phi) is 12.9. The predicted molar refractivity (Wildman–Crippen MR) is 182 cm³/mol. The van der Waals surface area contributed by atoms with E-state index in [4.69, 9.17) is 11.6 Å². The number of carboxylic acids is 1. The van der Waals surface area contributed by atoms with Crippen LogP contribution in [0.1, 0.15) is 91.8 Å². The third kappa shape index (κ3) is 9.72. The molecule has 2 N–H and O–H groups in total. The Hall–Kier alpha value is -3.77. The zero-order valence-corrected chi connectivity index (χ0v) is 29.4. The molecule has 4 rings (SSSR count). The summed E-state index contributed by atoms with van der Waals surface area (Å²) in [5.41, 5.74) is -0.237. The minimum atomic E-state index is -4.81. The first-order chi connectivity index (χ1) is 23.5. The molecule has 0 saturated heterocycles. The topological polar surface area (TPSA) is 91.6 Å². The SMILES string of the molecule is Cc1cc(F)cc2c1-c1cc(Cl)c(F)c(c1)[C@H](CC(=O)O)NC(=O)[C@@H](n1cc(CC(C)CN(C)C)c(C(F)(F)F)cc1=O)CCCCCCC2. The second-order valence-corrected chi connectivity index (χ2v) is 14.0. The van der Waals surface area contributed by atoms with Gasteiger partial charge in [0.15, 0.2) is 0 Å². The van der Waals surface area contributed by atoms with Crippen molar-refractivity contribution in [2.45, 2.75) is 89.9 Å². The highest BCUT2D eigenvalue weighted by atomic mass is 35.5. The Morgan fingerprint density at radius 1 is 1.06 bits per heavy atom. The molecule has 2 bridgehead atoms. The number of carbonyl (C=O) groups excluding carboxylic acids is 1. The van der Waals surface area contributed by atoms with Gasteiger partial charge in [0.05, 0.1) is 23.0 Å². The van der Waals surface area contributed by atoms with Gasteiger partial charge in [-0.05, 0) is 105 Å². The van der Waals surface area contributed by atoms with Crippen LogP contribution in [0.2, 0.25) is 5.02 Å². The summed E-state index contributed by atoms with van der Waals surface area (Å²) < 4.78 is 73.8. The van der Waals surface area contributed by atoms with E-state index in [9.17, 15) is 37.1 Å². The predicted octanol–water partition coefficient (Wildman–Crippen LogP) is 8.28. The number of amides is 1. The maximum absolute atomic E-state index is 15.8. The van der Waals surface area contributed by atoms with Crippen LogP contribution in [0.5, 0.6) is 0 Å². The number of carboxylic acid groups (broad SMARTS) is 1. The summed E-state index contributed by atoms with van der Waals surface area (Å²) >= 11 is 6.36. The van der Waals surface area contributed by atoms with Gasteiger partial charge in [-0.2, -0.15) is 13.2 Å². The van der Waals surface area contributed by atoms with Crippen LogP contribution in [-0.4, -0.2) is 47.1 Å². The zero-order valence-electron chi connectivity index (χ0n) is 28.6. The Balaban J connectivity index is 1.86. The molecule has 1 aliphatic rings. The van der Waals surface area contributed by atoms with Crippen molar-refractivity contribution >= 4 is 23.5 Å². The van der Waals surface area contributed by atoms with E-state index in [0.29, 0.717) is 60.5 Å². The van der Waals surface area contributed by atoms with E-state index in [1.807, 2.05) is 4.90 Å². The fourth-order valence-electron chi connectivity index (χ4n) is 7.02. The third-order valence-electron chi connectivity index (χ3n) is 9.07. The van der Waals surface area contributed by atoms with Crippen LogP contribution >= 0.6 is 11.6 Å². The minimum absolute atomic E-state index is 0.0232. The molecule has 2 aromatic carbocycles. The number of rotatable bonds is 7. The average molecular weight is 724 g/mol. The maximum Gasteiger partial charge on any atom is 0.416 e. The van der Waals surface area contributed by atoms with E-state index in [1.54, 1.807) is 27.9 Å². The molecule has 1 aliphatic heterocycles. The van der Waals surface area contributed by atoms with Gasteiger partial charge in [-0.1, -0.05) is 44.2 Å². The number of aliphatic carboxylic acids is 1. The van der Waals surface area contributed by atoms with Gasteiger partial charge in [0, 0.05) is 24.4 Å². The number of nitrogens with one attached hydrogen (secondary N) is 1. The van der Waals surface area contributed by atoms with E-state index < -0.39 is 59.3 Å². The van der Waals surface area contributed by atoms with Gasteiger partial charge in [-0.25, -0.2) is 8.78 Å². The largest absolute Gasteiger partial charge is 0.481 e. The number of carbonyl (C=O) groups is 2. The number of nitrogens with zero attached hydrogens (tertiary/aromatic N) is 2. The smallest absolute Gasteiger partial charge is 0.416 e. The standard InChI is InChI=1S/C37H43ClF5N3O4/c1-21(19-45(3)4)12-25-20-46(32(47)17-28(25)37(41,42)43)31-11-9-7-5-6-8-10-23-14-26(39)13-22(2)34(23)24-15-27(35(40)29(38)16-24)30(18-33(48)49)44-36(31)50/h13-17,20-21,30-31H,5-12,18-19H2,1-4H3,(H,44,50)(H,48,49)/t21?,30-,31-/m0/s1. The second kappa shape index (κ2) is 16.5. The third-order valence-corrected chi connectivity index (χ3v) is 9.35. The fourth-order valence-corrected chi connectivity index (χ4v) is 7.24. The van der Waals surface area contributed by atoms with Gasteiger partial charge in [0.25, 0.3) is 5.56 Å². The summed E-state index contributed by atoms with van der Waals surface area (Å²) in [4.78, 5) is 41.4. The number of fused-ring (bicyclic) bond motifs is 4. The van der Waals surface area contributed by atoms with Crippen LogP contribution < -0.4 is 10.9 Å². The maximum atomic E-state index is 15.8. The monoisotopic (exact) mass is 723 g/mol. The molecule has 13 heteroatoms. The Morgan fingerprint density at radius 3 is 2.40 bits per heavy atom.